The number of nitrogens with one attached hydrogen (secondary N) is 1. The van der Waals surface area contributed by atoms with Crippen molar-refractivity contribution in [1.29, 1.82) is 0 Å². The Labute approximate surface area is 116 Å². The van der Waals surface area contributed by atoms with Gasteiger partial charge < -0.3 is 10.2 Å². The highest BCUT2D eigenvalue weighted by Crippen LogP contribution is 2.16. The quantitative estimate of drug-likeness (QED) is 0.816. The molecule has 106 valence electrons. The van der Waals surface area contributed by atoms with Crippen molar-refractivity contribution in [1.82, 2.24) is 15.1 Å². The number of piperidine rings is 1. The second kappa shape index (κ2) is 7.31. The molecule has 0 aliphatic carbocycles. The van der Waals surface area contributed by atoms with Gasteiger partial charge in [0, 0.05) is 38.8 Å². The van der Waals surface area contributed by atoms with Crippen LogP contribution in [0.15, 0.2) is 0 Å². The van der Waals surface area contributed by atoms with Crippen molar-refractivity contribution in [2.24, 2.45) is 5.92 Å². The van der Waals surface area contributed by atoms with Crippen LogP contribution >= 0.6 is 12.4 Å². The summed E-state index contributed by atoms with van der Waals surface area (Å²) in [5.41, 5.74) is 0. The van der Waals surface area contributed by atoms with E-state index >= 15 is 0 Å². The molecule has 1 unspecified atom stereocenters. The topological polar surface area (TPSA) is 35.6 Å². The lowest BCUT2D eigenvalue weighted by atomic mass is 9.99. The van der Waals surface area contributed by atoms with Gasteiger partial charge >= 0.3 is 0 Å². The predicted molar refractivity (Wildman–Crippen MR) is 76.1 cm³/mol. The molecule has 0 aromatic carbocycles. The normalized spacial score (nSPS) is 26.8. The molecule has 0 aromatic rings. The van der Waals surface area contributed by atoms with Gasteiger partial charge in [0.1, 0.15) is 0 Å². The molecule has 1 N–H and O–H groups in total. The second-order valence-corrected chi connectivity index (χ2v) is 5.65. The third-order valence-electron chi connectivity index (χ3n) is 3.95. The minimum Gasteiger partial charge on any atom is -0.342 e. The zero-order chi connectivity index (χ0) is 12.3. The van der Waals surface area contributed by atoms with Crippen LogP contribution in [0.4, 0.5) is 0 Å². The average Bonchev–Trinajstić information content (AvgIpc) is 2.29. The first-order valence-electron chi connectivity index (χ1n) is 6.88. The molecule has 2 saturated heterocycles. The number of hydrogen-bond acceptors (Lipinski definition) is 3. The third-order valence-corrected chi connectivity index (χ3v) is 3.95. The number of carbonyl (C=O) groups excluding carboxylic acids is 1. The summed E-state index contributed by atoms with van der Waals surface area (Å²) < 4.78 is 0. The van der Waals surface area contributed by atoms with Crippen LogP contribution in [0.1, 0.15) is 26.7 Å². The largest absolute Gasteiger partial charge is 0.342 e. The molecule has 18 heavy (non-hydrogen) atoms. The number of piperazine rings is 1. The summed E-state index contributed by atoms with van der Waals surface area (Å²) in [6.07, 6.45) is 2.34. The van der Waals surface area contributed by atoms with E-state index in [1.165, 1.54) is 12.8 Å². The van der Waals surface area contributed by atoms with Gasteiger partial charge in [-0.15, -0.1) is 12.4 Å². The molecule has 1 atom stereocenters. The summed E-state index contributed by atoms with van der Waals surface area (Å²) in [7, 11) is 0. The highest BCUT2D eigenvalue weighted by atomic mass is 35.5. The number of halogens is 1. The highest BCUT2D eigenvalue weighted by Gasteiger charge is 2.23. The van der Waals surface area contributed by atoms with E-state index in [2.05, 4.69) is 24.1 Å². The molecule has 0 spiro atoms. The zero-order valence-electron chi connectivity index (χ0n) is 11.5. The monoisotopic (exact) mass is 275 g/mol. The first-order valence-corrected chi connectivity index (χ1v) is 6.88. The van der Waals surface area contributed by atoms with E-state index in [0.717, 1.165) is 38.6 Å². The van der Waals surface area contributed by atoms with E-state index in [9.17, 15) is 4.79 Å². The number of amides is 1. The maximum atomic E-state index is 12.1. The molecule has 1 amide bonds. The fourth-order valence-corrected chi connectivity index (χ4v) is 2.71. The Balaban J connectivity index is 0.00000162. The Hall–Kier alpha value is -0.320. The molecule has 0 saturated carbocycles. The lowest BCUT2D eigenvalue weighted by Crippen LogP contribution is -2.52. The Morgan fingerprint density at radius 2 is 1.89 bits per heavy atom. The van der Waals surface area contributed by atoms with Crippen molar-refractivity contribution in [3.63, 3.8) is 0 Å². The Bertz CT molecular complexity index is 267. The summed E-state index contributed by atoms with van der Waals surface area (Å²) in [5.74, 6) is 1.12. The minimum atomic E-state index is 0. The number of carbonyl (C=O) groups is 1. The molecule has 2 fully saturated rings. The SMILES string of the molecule is CC1CCN(C(=O)CN2CCNC(C)C2)CC1.Cl. The lowest BCUT2D eigenvalue weighted by Gasteiger charge is -2.35. The van der Waals surface area contributed by atoms with Crippen LogP contribution in [-0.2, 0) is 4.79 Å². The fraction of sp³-hybridized carbons (Fsp3) is 0.923. The maximum absolute atomic E-state index is 12.1. The molecule has 0 radical (unpaired) electrons. The van der Waals surface area contributed by atoms with Crippen molar-refractivity contribution in [2.75, 3.05) is 39.3 Å². The van der Waals surface area contributed by atoms with Crippen molar-refractivity contribution >= 4 is 18.3 Å². The summed E-state index contributed by atoms with van der Waals surface area (Å²) >= 11 is 0. The molecule has 2 aliphatic heterocycles. The van der Waals surface area contributed by atoms with Gasteiger partial charge in [0.2, 0.25) is 5.91 Å². The van der Waals surface area contributed by atoms with Crippen LogP contribution in [0.5, 0.6) is 0 Å². The average molecular weight is 276 g/mol. The molecule has 2 rings (SSSR count). The minimum absolute atomic E-state index is 0. The maximum Gasteiger partial charge on any atom is 0.236 e. The van der Waals surface area contributed by atoms with Gasteiger partial charge in [-0.05, 0) is 25.7 Å². The first-order chi connectivity index (χ1) is 8.15. The van der Waals surface area contributed by atoms with Gasteiger partial charge in [0.15, 0.2) is 0 Å². The highest BCUT2D eigenvalue weighted by molar-refractivity contribution is 5.85. The summed E-state index contributed by atoms with van der Waals surface area (Å²) in [4.78, 5) is 16.5. The van der Waals surface area contributed by atoms with Gasteiger partial charge in [0.25, 0.3) is 0 Å². The first kappa shape index (κ1) is 15.7. The smallest absolute Gasteiger partial charge is 0.236 e. The van der Waals surface area contributed by atoms with E-state index < -0.39 is 0 Å². The Morgan fingerprint density at radius 3 is 2.50 bits per heavy atom. The molecule has 0 bridgehead atoms. The molecular formula is C13H26ClN3O. The van der Waals surface area contributed by atoms with E-state index in [0.29, 0.717) is 18.5 Å². The van der Waals surface area contributed by atoms with Crippen LogP contribution in [-0.4, -0.2) is 61.0 Å². The van der Waals surface area contributed by atoms with Gasteiger partial charge in [-0.25, -0.2) is 0 Å². The van der Waals surface area contributed by atoms with Crippen LogP contribution in [0.25, 0.3) is 0 Å². The van der Waals surface area contributed by atoms with Gasteiger partial charge in [0.05, 0.1) is 6.54 Å². The second-order valence-electron chi connectivity index (χ2n) is 5.65. The van der Waals surface area contributed by atoms with Crippen molar-refractivity contribution in [3.8, 4) is 0 Å². The molecular weight excluding hydrogens is 250 g/mol. The van der Waals surface area contributed by atoms with Crippen molar-refractivity contribution in [3.05, 3.63) is 0 Å². The number of nitrogens with zero attached hydrogens (tertiary/aromatic N) is 2. The molecule has 5 heteroatoms. The lowest BCUT2D eigenvalue weighted by molar-refractivity contribution is -0.134. The van der Waals surface area contributed by atoms with Crippen LogP contribution in [0.3, 0.4) is 0 Å². The predicted octanol–water partition coefficient (Wildman–Crippen LogP) is 0.960. The van der Waals surface area contributed by atoms with E-state index in [-0.39, 0.29) is 12.4 Å². The fourth-order valence-electron chi connectivity index (χ4n) is 2.71. The number of likely N-dealkylation sites (tertiary alicyclic amines) is 1. The Morgan fingerprint density at radius 1 is 1.22 bits per heavy atom. The van der Waals surface area contributed by atoms with Crippen molar-refractivity contribution < 1.29 is 4.79 Å². The van der Waals surface area contributed by atoms with Crippen LogP contribution < -0.4 is 5.32 Å². The van der Waals surface area contributed by atoms with Crippen LogP contribution in [0, 0.1) is 5.92 Å². The summed E-state index contributed by atoms with van der Waals surface area (Å²) in [6.45, 7) is 9.99. The number of hydrogen-bond donors (Lipinski definition) is 1. The molecule has 2 aliphatic rings. The van der Waals surface area contributed by atoms with E-state index in [4.69, 9.17) is 0 Å². The van der Waals surface area contributed by atoms with Gasteiger partial charge in [-0.3, -0.25) is 9.69 Å². The summed E-state index contributed by atoms with van der Waals surface area (Å²) in [6, 6.07) is 0.512. The molecule has 2 heterocycles. The number of rotatable bonds is 2. The molecule has 4 nitrogen and oxygen atoms in total. The van der Waals surface area contributed by atoms with E-state index in [1.807, 2.05) is 4.90 Å². The van der Waals surface area contributed by atoms with Crippen LogP contribution in [0.2, 0.25) is 0 Å². The standard InChI is InChI=1S/C13H25N3O.ClH/c1-11-3-6-16(7-4-11)13(17)10-15-8-5-14-12(2)9-15;/h11-12,14H,3-10H2,1-2H3;1H. The Kier molecular flexibility index (Phi) is 6.39. The van der Waals surface area contributed by atoms with Crippen molar-refractivity contribution in [2.45, 2.75) is 32.7 Å². The molecule has 0 aromatic heterocycles. The summed E-state index contributed by atoms with van der Waals surface area (Å²) in [5, 5.41) is 3.40. The van der Waals surface area contributed by atoms with Gasteiger partial charge in [-0.1, -0.05) is 6.92 Å². The third kappa shape index (κ3) is 4.41. The van der Waals surface area contributed by atoms with Gasteiger partial charge in [-0.2, -0.15) is 0 Å². The van der Waals surface area contributed by atoms with E-state index in [1.54, 1.807) is 0 Å². The zero-order valence-corrected chi connectivity index (χ0v) is 12.3.